The Hall–Kier alpha value is -3.48. The van der Waals surface area contributed by atoms with Crippen LogP contribution in [-0.2, 0) is 6.42 Å². The number of amides is 3. The number of anilines is 2. The zero-order valence-electron chi connectivity index (χ0n) is 16.8. The number of methoxy groups -OCH3 is 1. The van der Waals surface area contributed by atoms with E-state index >= 15 is 0 Å². The van der Waals surface area contributed by atoms with Gasteiger partial charge in [0.2, 0.25) is 0 Å². The molecule has 150 valence electrons. The summed E-state index contributed by atoms with van der Waals surface area (Å²) in [6, 6.07) is 11.2. The topological polar surface area (TPSA) is 86.5 Å². The second-order valence-corrected chi connectivity index (χ2v) is 7.07. The molecule has 7 nitrogen and oxygen atoms in total. The maximum atomic E-state index is 13.1. The monoisotopic (exact) mass is 392 g/mol. The quantitative estimate of drug-likeness (QED) is 0.631. The number of benzene rings is 2. The molecule has 0 fully saturated rings. The number of carbonyl (C=O) groups excluding carboxylic acids is 2. The minimum atomic E-state index is -0.204. The van der Waals surface area contributed by atoms with Crippen LogP contribution in [-0.4, -0.2) is 37.1 Å². The largest absolute Gasteiger partial charge is 0.497 e. The summed E-state index contributed by atoms with van der Waals surface area (Å²) < 4.78 is 5.30. The van der Waals surface area contributed by atoms with E-state index in [0.717, 1.165) is 34.3 Å². The number of fused-ring (bicyclic) bond motifs is 2. The van der Waals surface area contributed by atoms with E-state index in [0.29, 0.717) is 30.1 Å². The maximum absolute atomic E-state index is 13.1. The standard InChI is InChI=1S/C22H24N4O3/c1-4-23-22(28)26-10-9-14-5-6-15(11-19(14)26)25-21(27)20-13(2)24-18-8-7-16(29-3)12-17(18)20/h5-8,11-12,24H,4,9-10H2,1-3H3,(H,23,28)(H,25,27). The molecule has 0 aliphatic carbocycles. The van der Waals surface area contributed by atoms with Gasteiger partial charge in [0.1, 0.15) is 5.75 Å². The number of rotatable bonds is 4. The van der Waals surface area contributed by atoms with E-state index < -0.39 is 0 Å². The van der Waals surface area contributed by atoms with Gasteiger partial charge in [0.05, 0.1) is 18.4 Å². The molecule has 4 rings (SSSR count). The van der Waals surface area contributed by atoms with Crippen LogP contribution >= 0.6 is 0 Å². The number of carbonyl (C=O) groups is 2. The lowest BCUT2D eigenvalue weighted by Gasteiger charge is -2.18. The van der Waals surface area contributed by atoms with E-state index in [2.05, 4.69) is 15.6 Å². The van der Waals surface area contributed by atoms with E-state index in [-0.39, 0.29) is 11.9 Å². The van der Waals surface area contributed by atoms with Gasteiger partial charge in [-0.1, -0.05) is 6.07 Å². The third-order valence-corrected chi connectivity index (χ3v) is 5.23. The van der Waals surface area contributed by atoms with Crippen molar-refractivity contribution >= 4 is 34.2 Å². The summed E-state index contributed by atoms with van der Waals surface area (Å²) in [5, 5.41) is 6.62. The van der Waals surface area contributed by atoms with Crippen LogP contribution in [0.2, 0.25) is 0 Å². The molecule has 1 aliphatic rings. The zero-order chi connectivity index (χ0) is 20.5. The van der Waals surface area contributed by atoms with Crippen LogP contribution in [0.5, 0.6) is 5.75 Å². The van der Waals surface area contributed by atoms with E-state index in [4.69, 9.17) is 4.74 Å². The number of nitrogens with zero attached hydrogens (tertiary/aromatic N) is 1. The van der Waals surface area contributed by atoms with Gasteiger partial charge >= 0.3 is 6.03 Å². The summed E-state index contributed by atoms with van der Waals surface area (Å²) in [5.41, 5.74) is 4.84. The fourth-order valence-electron chi connectivity index (χ4n) is 3.83. The molecule has 0 unspecified atom stereocenters. The van der Waals surface area contributed by atoms with Crippen molar-refractivity contribution in [2.24, 2.45) is 0 Å². The van der Waals surface area contributed by atoms with Crippen molar-refractivity contribution in [3.05, 3.63) is 53.2 Å². The Labute approximate surface area is 169 Å². The summed E-state index contributed by atoms with van der Waals surface area (Å²) >= 11 is 0. The summed E-state index contributed by atoms with van der Waals surface area (Å²) in [6.45, 7) is 4.98. The molecule has 0 atom stereocenters. The second kappa shape index (κ2) is 7.50. The van der Waals surface area contributed by atoms with E-state index in [9.17, 15) is 9.59 Å². The summed E-state index contributed by atoms with van der Waals surface area (Å²) in [7, 11) is 1.60. The first-order valence-electron chi connectivity index (χ1n) is 9.67. The van der Waals surface area contributed by atoms with Crippen LogP contribution < -0.4 is 20.3 Å². The average molecular weight is 392 g/mol. The minimum absolute atomic E-state index is 0.116. The number of hydrogen-bond acceptors (Lipinski definition) is 3. The van der Waals surface area contributed by atoms with Crippen LogP contribution in [0, 0.1) is 6.92 Å². The van der Waals surface area contributed by atoms with Crippen LogP contribution in [0.15, 0.2) is 36.4 Å². The molecule has 2 aromatic carbocycles. The SMILES string of the molecule is CCNC(=O)N1CCc2ccc(NC(=O)c3c(C)[nH]c4ccc(OC)cc34)cc21. The molecule has 3 amide bonds. The molecule has 1 aliphatic heterocycles. The van der Waals surface area contributed by atoms with Crippen LogP contribution in [0.1, 0.15) is 28.5 Å². The Morgan fingerprint density at radius 1 is 1.21 bits per heavy atom. The van der Waals surface area contributed by atoms with Crippen LogP contribution in [0.3, 0.4) is 0 Å². The van der Waals surface area contributed by atoms with Gasteiger partial charge in [0, 0.05) is 35.4 Å². The molecular formula is C22H24N4O3. The maximum Gasteiger partial charge on any atom is 0.321 e. The van der Waals surface area contributed by atoms with Gasteiger partial charge < -0.3 is 20.4 Å². The first-order chi connectivity index (χ1) is 14.0. The molecule has 1 aromatic heterocycles. The van der Waals surface area contributed by atoms with E-state index in [1.807, 2.05) is 50.2 Å². The highest BCUT2D eigenvalue weighted by Crippen LogP contribution is 2.32. The molecule has 0 saturated heterocycles. The predicted molar refractivity (Wildman–Crippen MR) is 114 cm³/mol. The first kappa shape index (κ1) is 18.9. The molecule has 2 heterocycles. The van der Waals surface area contributed by atoms with Crippen molar-refractivity contribution in [1.82, 2.24) is 10.3 Å². The molecule has 0 radical (unpaired) electrons. The smallest absolute Gasteiger partial charge is 0.321 e. The van der Waals surface area contributed by atoms with Gasteiger partial charge in [-0.3, -0.25) is 9.69 Å². The molecule has 3 aromatic rings. The lowest BCUT2D eigenvalue weighted by Crippen LogP contribution is -2.38. The Morgan fingerprint density at radius 2 is 2.03 bits per heavy atom. The molecule has 3 N–H and O–H groups in total. The van der Waals surface area contributed by atoms with E-state index in [1.54, 1.807) is 12.0 Å². The summed E-state index contributed by atoms with van der Waals surface area (Å²) in [4.78, 5) is 30.3. The number of H-pyrrole nitrogens is 1. The number of aromatic nitrogens is 1. The molecule has 0 spiro atoms. The number of aryl methyl sites for hydroxylation is 1. The number of nitrogens with one attached hydrogen (secondary N) is 3. The average Bonchev–Trinajstić information content (AvgIpc) is 3.27. The Balaban J connectivity index is 1.63. The molecule has 0 saturated carbocycles. The summed E-state index contributed by atoms with van der Waals surface area (Å²) in [5.74, 6) is 0.491. The number of hydrogen-bond donors (Lipinski definition) is 3. The van der Waals surface area contributed by atoms with Crippen LogP contribution in [0.4, 0.5) is 16.2 Å². The van der Waals surface area contributed by atoms with Crippen LogP contribution in [0.25, 0.3) is 10.9 Å². The molecule has 7 heteroatoms. The molecule has 0 bridgehead atoms. The number of ether oxygens (including phenoxy) is 1. The lowest BCUT2D eigenvalue weighted by molar-refractivity contribution is 0.102. The number of aromatic amines is 1. The van der Waals surface area contributed by atoms with Gasteiger partial charge in [-0.2, -0.15) is 0 Å². The highest BCUT2D eigenvalue weighted by atomic mass is 16.5. The fourth-order valence-corrected chi connectivity index (χ4v) is 3.83. The zero-order valence-corrected chi connectivity index (χ0v) is 16.8. The van der Waals surface area contributed by atoms with Crippen molar-refractivity contribution in [1.29, 1.82) is 0 Å². The van der Waals surface area contributed by atoms with Gasteiger partial charge in [-0.15, -0.1) is 0 Å². The third kappa shape index (κ3) is 3.40. The van der Waals surface area contributed by atoms with Crippen molar-refractivity contribution in [3.63, 3.8) is 0 Å². The number of urea groups is 1. The minimum Gasteiger partial charge on any atom is -0.497 e. The second-order valence-electron chi connectivity index (χ2n) is 7.07. The Bertz CT molecular complexity index is 1100. The van der Waals surface area contributed by atoms with Gasteiger partial charge in [-0.05, 0) is 56.2 Å². The van der Waals surface area contributed by atoms with E-state index in [1.165, 1.54) is 0 Å². The highest BCUT2D eigenvalue weighted by Gasteiger charge is 2.25. The highest BCUT2D eigenvalue weighted by molar-refractivity contribution is 6.14. The Kier molecular flexibility index (Phi) is 4.88. The van der Waals surface area contributed by atoms with Crippen molar-refractivity contribution in [2.75, 3.05) is 30.4 Å². The fraction of sp³-hybridized carbons (Fsp3) is 0.273. The normalized spacial score (nSPS) is 12.7. The van der Waals surface area contributed by atoms with Crippen molar-refractivity contribution < 1.29 is 14.3 Å². The van der Waals surface area contributed by atoms with Crippen molar-refractivity contribution in [3.8, 4) is 5.75 Å². The molecular weight excluding hydrogens is 368 g/mol. The predicted octanol–water partition coefficient (Wildman–Crippen LogP) is 3.83. The van der Waals surface area contributed by atoms with Gasteiger partial charge in [0.15, 0.2) is 0 Å². The van der Waals surface area contributed by atoms with Crippen molar-refractivity contribution in [2.45, 2.75) is 20.3 Å². The van der Waals surface area contributed by atoms with Gasteiger partial charge in [0.25, 0.3) is 5.91 Å². The summed E-state index contributed by atoms with van der Waals surface area (Å²) in [6.07, 6.45) is 0.808. The Morgan fingerprint density at radius 3 is 2.79 bits per heavy atom. The first-order valence-corrected chi connectivity index (χ1v) is 9.67. The third-order valence-electron chi connectivity index (χ3n) is 5.23. The lowest BCUT2D eigenvalue weighted by atomic mass is 10.1. The molecule has 29 heavy (non-hydrogen) atoms. The van der Waals surface area contributed by atoms with Gasteiger partial charge in [-0.25, -0.2) is 4.79 Å².